The van der Waals surface area contributed by atoms with Gasteiger partial charge in [0.05, 0.1) is 11.4 Å². The van der Waals surface area contributed by atoms with Crippen LogP contribution in [0.5, 0.6) is 0 Å². The summed E-state index contributed by atoms with van der Waals surface area (Å²) in [5.74, 6) is -0.896. The summed E-state index contributed by atoms with van der Waals surface area (Å²) in [7, 11) is 2.64. The van der Waals surface area contributed by atoms with E-state index < -0.39 is 17.9 Å². The summed E-state index contributed by atoms with van der Waals surface area (Å²) in [4.78, 5) is 23.5. The van der Waals surface area contributed by atoms with E-state index in [0.29, 0.717) is 5.02 Å². The van der Waals surface area contributed by atoms with Crippen LogP contribution in [-0.4, -0.2) is 32.1 Å². The van der Waals surface area contributed by atoms with Gasteiger partial charge < -0.3 is 9.47 Å². The topological polar surface area (TPSA) is 52.6 Å². The molecule has 0 bridgehead atoms. The number of carbonyl (C=O) groups excluding carboxylic acids is 2. The van der Waals surface area contributed by atoms with Gasteiger partial charge in [0.15, 0.2) is 11.6 Å². The normalized spacial score (nSPS) is 10.7. The lowest BCUT2D eigenvalue weighted by Gasteiger charge is -2.11. The molecular weight excluding hydrogens is 279 g/mol. The zero-order valence-electron chi connectivity index (χ0n) is 9.91. The van der Waals surface area contributed by atoms with Crippen LogP contribution in [0.15, 0.2) is 18.2 Å². The Morgan fingerprint density at radius 3 is 2.39 bits per heavy atom. The molecule has 0 aliphatic carbocycles. The summed E-state index contributed by atoms with van der Waals surface area (Å²) in [6.45, 7) is 0. The van der Waals surface area contributed by atoms with Crippen molar-refractivity contribution in [2.45, 2.75) is 12.7 Å². The van der Waals surface area contributed by atoms with Crippen LogP contribution >= 0.6 is 23.2 Å². The number of ketones is 2. The average Bonchev–Trinajstić information content (AvgIpc) is 2.33. The molecule has 4 nitrogen and oxygen atoms in total. The number of carbonyl (C=O) groups is 2. The Morgan fingerprint density at radius 2 is 1.83 bits per heavy atom. The second-order valence-electron chi connectivity index (χ2n) is 3.49. The van der Waals surface area contributed by atoms with Crippen LogP contribution in [-0.2, 0) is 14.3 Å². The van der Waals surface area contributed by atoms with Gasteiger partial charge in [-0.3, -0.25) is 9.59 Å². The maximum atomic E-state index is 11.9. The monoisotopic (exact) mass is 290 g/mol. The fourth-order valence-corrected chi connectivity index (χ4v) is 1.80. The maximum Gasteiger partial charge on any atom is 0.217 e. The fourth-order valence-electron chi connectivity index (χ4n) is 1.41. The molecule has 1 aromatic rings. The minimum Gasteiger partial charge on any atom is -0.349 e. The highest BCUT2D eigenvalue weighted by molar-refractivity contribution is 6.36. The molecule has 0 heterocycles. The van der Waals surface area contributed by atoms with Crippen LogP contribution in [0, 0.1) is 0 Å². The Kier molecular flexibility index (Phi) is 5.75. The van der Waals surface area contributed by atoms with Crippen LogP contribution in [0.1, 0.15) is 16.8 Å². The van der Waals surface area contributed by atoms with E-state index in [0.717, 1.165) is 0 Å². The van der Waals surface area contributed by atoms with Gasteiger partial charge in [0.1, 0.15) is 0 Å². The van der Waals surface area contributed by atoms with Crippen molar-refractivity contribution in [3.05, 3.63) is 33.8 Å². The summed E-state index contributed by atoms with van der Waals surface area (Å²) in [5.41, 5.74) is 0.212. The Labute approximate surface area is 115 Å². The first-order valence-corrected chi connectivity index (χ1v) is 5.81. The van der Waals surface area contributed by atoms with Gasteiger partial charge in [0.2, 0.25) is 6.29 Å². The van der Waals surface area contributed by atoms with Gasteiger partial charge in [0, 0.05) is 24.8 Å². The average molecular weight is 291 g/mol. The van der Waals surface area contributed by atoms with Gasteiger partial charge in [-0.15, -0.1) is 0 Å². The van der Waals surface area contributed by atoms with Crippen molar-refractivity contribution < 1.29 is 19.1 Å². The number of methoxy groups -OCH3 is 2. The minimum absolute atomic E-state index is 0.212. The Morgan fingerprint density at radius 1 is 1.22 bits per heavy atom. The van der Waals surface area contributed by atoms with Gasteiger partial charge in [-0.2, -0.15) is 0 Å². The summed E-state index contributed by atoms with van der Waals surface area (Å²) >= 11 is 11.6. The second kappa shape index (κ2) is 6.85. The van der Waals surface area contributed by atoms with Gasteiger partial charge in [-0.05, 0) is 18.2 Å². The molecule has 0 saturated heterocycles. The molecule has 0 saturated carbocycles. The predicted octanol–water partition coefficient (Wildman–Crippen LogP) is 2.75. The standard InChI is InChI=1S/C12H12Cl2O4/c1-17-12(18-2)11(16)6-10(15)8-5-7(13)3-4-9(8)14/h3-5,12H,6H2,1-2H3. The minimum atomic E-state index is -1.05. The molecule has 0 amide bonds. The lowest BCUT2D eigenvalue weighted by Crippen LogP contribution is -2.27. The summed E-state index contributed by atoms with van der Waals surface area (Å²) in [6.07, 6.45) is -1.40. The number of halogens is 2. The van der Waals surface area contributed by atoms with E-state index in [9.17, 15) is 9.59 Å². The molecule has 0 spiro atoms. The van der Waals surface area contributed by atoms with Gasteiger partial charge in [0.25, 0.3) is 0 Å². The van der Waals surface area contributed by atoms with Crippen molar-refractivity contribution in [1.29, 1.82) is 0 Å². The SMILES string of the molecule is COC(OC)C(=O)CC(=O)c1cc(Cl)ccc1Cl. The Hall–Kier alpha value is -0.940. The molecule has 0 atom stereocenters. The van der Waals surface area contributed by atoms with Gasteiger partial charge in [-0.1, -0.05) is 23.2 Å². The smallest absolute Gasteiger partial charge is 0.217 e. The van der Waals surface area contributed by atoms with Crippen molar-refractivity contribution in [2.75, 3.05) is 14.2 Å². The molecule has 6 heteroatoms. The van der Waals surface area contributed by atoms with E-state index >= 15 is 0 Å². The van der Waals surface area contributed by atoms with Crippen LogP contribution < -0.4 is 0 Å². The molecule has 0 N–H and O–H groups in total. The van der Waals surface area contributed by atoms with Crippen molar-refractivity contribution in [3.8, 4) is 0 Å². The molecule has 0 aliphatic heterocycles. The van der Waals surface area contributed by atoms with Crippen LogP contribution in [0.4, 0.5) is 0 Å². The van der Waals surface area contributed by atoms with Crippen molar-refractivity contribution in [2.24, 2.45) is 0 Å². The third-order valence-corrected chi connectivity index (χ3v) is 2.82. The molecule has 18 heavy (non-hydrogen) atoms. The Balaban J connectivity index is 2.82. The molecular formula is C12H12Cl2O4. The summed E-state index contributed by atoms with van der Waals surface area (Å²) in [5, 5.41) is 0.633. The fraction of sp³-hybridized carbons (Fsp3) is 0.333. The third kappa shape index (κ3) is 3.78. The molecule has 0 aliphatic rings. The molecule has 1 rings (SSSR count). The zero-order chi connectivity index (χ0) is 13.7. The van der Waals surface area contributed by atoms with E-state index in [4.69, 9.17) is 32.7 Å². The summed E-state index contributed by atoms with van der Waals surface area (Å²) in [6, 6.07) is 4.50. The highest BCUT2D eigenvalue weighted by Crippen LogP contribution is 2.22. The van der Waals surface area contributed by atoms with E-state index in [1.807, 2.05) is 0 Å². The molecule has 0 radical (unpaired) electrons. The summed E-state index contributed by atoms with van der Waals surface area (Å²) < 4.78 is 9.54. The number of hydrogen-bond donors (Lipinski definition) is 0. The van der Waals surface area contributed by atoms with E-state index in [1.165, 1.54) is 26.4 Å². The molecule has 0 aromatic heterocycles. The molecule has 0 unspecified atom stereocenters. The maximum absolute atomic E-state index is 11.9. The second-order valence-corrected chi connectivity index (χ2v) is 4.34. The Bertz CT molecular complexity index is 455. The zero-order valence-corrected chi connectivity index (χ0v) is 11.4. The lowest BCUT2D eigenvalue weighted by molar-refractivity contribution is -0.155. The molecule has 0 fully saturated rings. The largest absolute Gasteiger partial charge is 0.349 e. The predicted molar refractivity (Wildman–Crippen MR) is 68.2 cm³/mol. The number of rotatable bonds is 6. The number of ether oxygens (including phenoxy) is 2. The quantitative estimate of drug-likeness (QED) is 0.459. The van der Waals surface area contributed by atoms with Crippen LogP contribution in [0.25, 0.3) is 0 Å². The highest BCUT2D eigenvalue weighted by Gasteiger charge is 2.22. The first kappa shape index (κ1) is 15.1. The number of hydrogen-bond acceptors (Lipinski definition) is 4. The van der Waals surface area contributed by atoms with Crippen LogP contribution in [0.2, 0.25) is 10.0 Å². The molecule has 1 aromatic carbocycles. The number of Topliss-reactive ketones (excluding diaryl/α,β-unsaturated/α-hetero) is 2. The molecule has 98 valence electrons. The number of benzene rings is 1. The van der Waals surface area contributed by atoms with E-state index in [1.54, 1.807) is 6.07 Å². The van der Waals surface area contributed by atoms with Crippen molar-refractivity contribution in [3.63, 3.8) is 0 Å². The van der Waals surface area contributed by atoms with E-state index in [2.05, 4.69) is 0 Å². The van der Waals surface area contributed by atoms with Gasteiger partial charge >= 0.3 is 0 Å². The lowest BCUT2D eigenvalue weighted by atomic mass is 10.1. The van der Waals surface area contributed by atoms with Gasteiger partial charge in [-0.25, -0.2) is 0 Å². The van der Waals surface area contributed by atoms with E-state index in [-0.39, 0.29) is 17.0 Å². The first-order chi connectivity index (χ1) is 8.49. The first-order valence-electron chi connectivity index (χ1n) is 5.06. The van der Waals surface area contributed by atoms with Crippen LogP contribution in [0.3, 0.4) is 0 Å². The highest BCUT2D eigenvalue weighted by atomic mass is 35.5. The van der Waals surface area contributed by atoms with Crippen molar-refractivity contribution >= 4 is 34.8 Å². The van der Waals surface area contributed by atoms with Crippen molar-refractivity contribution in [1.82, 2.24) is 0 Å². The third-order valence-electron chi connectivity index (χ3n) is 2.25.